The minimum atomic E-state index is 0.0368. The van der Waals surface area contributed by atoms with Gasteiger partial charge in [0.1, 0.15) is 5.82 Å². The topological polar surface area (TPSA) is 61.4 Å². The van der Waals surface area contributed by atoms with E-state index in [4.69, 9.17) is 0 Å². The van der Waals surface area contributed by atoms with Crippen LogP contribution < -0.4 is 10.2 Å². The van der Waals surface area contributed by atoms with Gasteiger partial charge in [-0.05, 0) is 6.92 Å². The number of likely N-dealkylation sites (N-methyl/N-ethyl adjacent to an activating group) is 2. The highest BCUT2D eigenvalue weighted by atomic mass is 16.2. The van der Waals surface area contributed by atoms with Gasteiger partial charge in [-0.3, -0.25) is 4.79 Å². The second kappa shape index (κ2) is 5.47. The second-order valence-electron chi connectivity index (χ2n) is 4.09. The minimum absolute atomic E-state index is 0.0368. The summed E-state index contributed by atoms with van der Waals surface area (Å²) in [4.78, 5) is 23.5. The number of carbonyl (C=O) groups is 1. The van der Waals surface area contributed by atoms with Crippen molar-refractivity contribution in [1.82, 2.24) is 14.9 Å². The Hall–Kier alpha value is -1.85. The summed E-state index contributed by atoms with van der Waals surface area (Å²) in [5.74, 6) is 1.33. The lowest BCUT2D eigenvalue weighted by atomic mass is 10.4. The third kappa shape index (κ3) is 3.58. The van der Waals surface area contributed by atoms with Crippen LogP contribution in [0.3, 0.4) is 0 Å². The number of carbonyl (C=O) groups excluding carboxylic acids is 1. The Morgan fingerprint density at radius 3 is 2.53 bits per heavy atom. The van der Waals surface area contributed by atoms with Crippen LogP contribution in [0.5, 0.6) is 0 Å². The number of hydrogen-bond donors (Lipinski definition) is 1. The average Bonchev–Trinajstić information content (AvgIpc) is 2.27. The molecule has 6 heteroatoms. The molecule has 6 nitrogen and oxygen atoms in total. The maximum absolute atomic E-state index is 11.6. The van der Waals surface area contributed by atoms with E-state index in [1.54, 1.807) is 30.9 Å². The Morgan fingerprint density at radius 1 is 1.35 bits per heavy atom. The predicted molar refractivity (Wildman–Crippen MR) is 68.3 cm³/mol. The fraction of sp³-hybridized carbons (Fsp3) is 0.545. The molecular formula is C11H19N5O. The highest BCUT2D eigenvalue weighted by Crippen LogP contribution is 2.12. The van der Waals surface area contributed by atoms with Crippen LogP contribution in [0.1, 0.15) is 5.69 Å². The molecule has 17 heavy (non-hydrogen) atoms. The van der Waals surface area contributed by atoms with E-state index in [0.717, 1.165) is 11.5 Å². The molecule has 0 atom stereocenters. The van der Waals surface area contributed by atoms with Gasteiger partial charge >= 0.3 is 0 Å². The van der Waals surface area contributed by atoms with E-state index in [0.29, 0.717) is 12.5 Å². The maximum Gasteiger partial charge on any atom is 0.241 e. The van der Waals surface area contributed by atoms with Crippen molar-refractivity contribution in [3.8, 4) is 0 Å². The molecular weight excluding hydrogens is 218 g/mol. The smallest absolute Gasteiger partial charge is 0.241 e. The summed E-state index contributed by atoms with van der Waals surface area (Å²) < 4.78 is 0. The molecule has 0 aliphatic rings. The molecule has 1 aromatic heterocycles. The van der Waals surface area contributed by atoms with E-state index < -0.39 is 0 Å². The average molecular weight is 237 g/mol. The van der Waals surface area contributed by atoms with Gasteiger partial charge in [0.2, 0.25) is 11.9 Å². The van der Waals surface area contributed by atoms with Crippen molar-refractivity contribution in [2.45, 2.75) is 6.92 Å². The van der Waals surface area contributed by atoms with Gasteiger partial charge < -0.3 is 15.1 Å². The molecule has 0 unspecified atom stereocenters. The molecule has 0 aliphatic heterocycles. The largest absolute Gasteiger partial charge is 0.357 e. The normalized spacial score (nSPS) is 9.94. The summed E-state index contributed by atoms with van der Waals surface area (Å²) in [7, 11) is 7.08. The Labute approximate surface area is 102 Å². The fourth-order valence-corrected chi connectivity index (χ4v) is 1.28. The molecule has 1 aromatic rings. The highest BCUT2D eigenvalue weighted by Gasteiger charge is 2.11. The number of rotatable bonds is 4. The van der Waals surface area contributed by atoms with E-state index >= 15 is 0 Å². The van der Waals surface area contributed by atoms with Crippen LogP contribution in [0.15, 0.2) is 6.07 Å². The number of anilines is 2. The summed E-state index contributed by atoms with van der Waals surface area (Å²) in [6, 6.07) is 1.85. The Kier molecular flexibility index (Phi) is 4.25. The molecule has 94 valence electrons. The lowest BCUT2D eigenvalue weighted by Crippen LogP contribution is -2.34. The van der Waals surface area contributed by atoms with Crippen molar-refractivity contribution >= 4 is 17.7 Å². The van der Waals surface area contributed by atoms with Crippen LogP contribution in [0.2, 0.25) is 0 Å². The zero-order chi connectivity index (χ0) is 13.0. The van der Waals surface area contributed by atoms with E-state index in [1.165, 1.54) is 0 Å². The summed E-state index contributed by atoms with van der Waals surface area (Å²) >= 11 is 0. The van der Waals surface area contributed by atoms with Gasteiger partial charge in [-0.2, -0.15) is 4.98 Å². The predicted octanol–water partition coefficient (Wildman–Crippen LogP) is 0.351. The van der Waals surface area contributed by atoms with Crippen LogP contribution in [0, 0.1) is 6.92 Å². The van der Waals surface area contributed by atoms with E-state index in [-0.39, 0.29) is 5.91 Å². The van der Waals surface area contributed by atoms with Gasteiger partial charge in [0.15, 0.2) is 0 Å². The first-order valence-corrected chi connectivity index (χ1v) is 5.38. The van der Waals surface area contributed by atoms with Crippen molar-refractivity contribution in [1.29, 1.82) is 0 Å². The van der Waals surface area contributed by atoms with Gasteiger partial charge in [-0.15, -0.1) is 0 Å². The molecule has 1 rings (SSSR count). The SMILES string of the molecule is CNc1nc(C)cc(N(C)CC(=O)N(C)C)n1. The van der Waals surface area contributed by atoms with Crippen molar-refractivity contribution in [3.63, 3.8) is 0 Å². The molecule has 0 aliphatic carbocycles. The summed E-state index contributed by atoms with van der Waals surface area (Å²) in [5, 5.41) is 2.89. The van der Waals surface area contributed by atoms with Gasteiger partial charge in [0, 0.05) is 40.0 Å². The van der Waals surface area contributed by atoms with Crippen LogP contribution in [0.25, 0.3) is 0 Å². The first-order chi connectivity index (χ1) is 7.93. The molecule has 0 saturated carbocycles. The number of hydrogen-bond acceptors (Lipinski definition) is 5. The first-order valence-electron chi connectivity index (χ1n) is 5.38. The summed E-state index contributed by atoms with van der Waals surface area (Å²) in [6.45, 7) is 2.19. The minimum Gasteiger partial charge on any atom is -0.357 e. The third-order valence-electron chi connectivity index (χ3n) is 2.33. The Bertz CT molecular complexity index is 405. The Balaban J connectivity index is 2.84. The molecule has 0 spiro atoms. The van der Waals surface area contributed by atoms with Crippen LogP contribution in [-0.2, 0) is 4.79 Å². The summed E-state index contributed by atoms with van der Waals surface area (Å²) in [6.07, 6.45) is 0. The monoisotopic (exact) mass is 237 g/mol. The van der Waals surface area contributed by atoms with E-state index in [1.807, 2.05) is 20.0 Å². The van der Waals surface area contributed by atoms with Crippen molar-refractivity contribution < 1.29 is 4.79 Å². The van der Waals surface area contributed by atoms with Crippen molar-refractivity contribution in [3.05, 3.63) is 11.8 Å². The lowest BCUT2D eigenvalue weighted by Gasteiger charge is -2.20. The van der Waals surface area contributed by atoms with Crippen molar-refractivity contribution in [2.75, 3.05) is 45.0 Å². The molecule has 0 radical (unpaired) electrons. The number of nitrogens with one attached hydrogen (secondary N) is 1. The summed E-state index contributed by atoms with van der Waals surface area (Å²) in [5.41, 5.74) is 0.864. The Morgan fingerprint density at radius 2 is 2.00 bits per heavy atom. The fourth-order valence-electron chi connectivity index (χ4n) is 1.28. The molecule has 1 heterocycles. The van der Waals surface area contributed by atoms with Crippen LogP contribution in [-0.4, -0.2) is 55.5 Å². The van der Waals surface area contributed by atoms with Crippen LogP contribution >= 0.6 is 0 Å². The van der Waals surface area contributed by atoms with Gasteiger partial charge in [-0.1, -0.05) is 0 Å². The number of amides is 1. The van der Waals surface area contributed by atoms with E-state index in [9.17, 15) is 4.79 Å². The highest BCUT2D eigenvalue weighted by molar-refractivity contribution is 5.80. The molecule has 1 N–H and O–H groups in total. The molecule has 0 saturated heterocycles. The molecule has 0 aromatic carbocycles. The van der Waals surface area contributed by atoms with Gasteiger partial charge in [0.05, 0.1) is 6.54 Å². The quantitative estimate of drug-likeness (QED) is 0.819. The van der Waals surface area contributed by atoms with Gasteiger partial charge in [0.25, 0.3) is 0 Å². The second-order valence-corrected chi connectivity index (χ2v) is 4.09. The standard InChI is InChI=1S/C11H19N5O/c1-8-6-9(14-11(12-2)13-8)16(5)7-10(17)15(3)4/h6H,7H2,1-5H3,(H,12,13,14). The molecule has 0 fully saturated rings. The lowest BCUT2D eigenvalue weighted by molar-refractivity contribution is -0.127. The maximum atomic E-state index is 11.6. The number of aromatic nitrogens is 2. The molecule has 0 bridgehead atoms. The van der Waals surface area contributed by atoms with Gasteiger partial charge in [-0.25, -0.2) is 4.98 Å². The third-order valence-corrected chi connectivity index (χ3v) is 2.33. The van der Waals surface area contributed by atoms with Crippen molar-refractivity contribution in [2.24, 2.45) is 0 Å². The number of nitrogens with zero attached hydrogens (tertiary/aromatic N) is 4. The number of aryl methyl sites for hydroxylation is 1. The first kappa shape index (κ1) is 13.2. The van der Waals surface area contributed by atoms with E-state index in [2.05, 4.69) is 15.3 Å². The zero-order valence-corrected chi connectivity index (χ0v) is 11.0. The van der Waals surface area contributed by atoms with Crippen LogP contribution in [0.4, 0.5) is 11.8 Å². The molecule has 1 amide bonds. The zero-order valence-electron chi connectivity index (χ0n) is 11.0.